The number of benzene rings is 1. The number of hydrogen-bond donors (Lipinski definition) is 2. The normalized spacial score (nSPS) is 16.1. The fourth-order valence-corrected chi connectivity index (χ4v) is 3.15. The van der Waals surface area contributed by atoms with Gasteiger partial charge in [0.25, 0.3) is 0 Å². The summed E-state index contributed by atoms with van der Waals surface area (Å²) < 4.78 is 1.48. The maximum absolute atomic E-state index is 12.5. The van der Waals surface area contributed by atoms with Crippen molar-refractivity contribution in [1.82, 2.24) is 19.7 Å². The van der Waals surface area contributed by atoms with Crippen LogP contribution in [-0.2, 0) is 9.59 Å². The summed E-state index contributed by atoms with van der Waals surface area (Å²) in [5.41, 5.74) is 1.36. The molecule has 8 heteroatoms. The third kappa shape index (κ3) is 4.96. The van der Waals surface area contributed by atoms with Crippen LogP contribution in [-0.4, -0.2) is 51.1 Å². The minimum Gasteiger partial charge on any atom is -0.326 e. The molecule has 1 aromatic heterocycles. The molecule has 146 valence electrons. The number of nitrogens with zero attached hydrogens (tertiary/aromatic N) is 4. The monoisotopic (exact) mass is 380 g/mol. The van der Waals surface area contributed by atoms with Gasteiger partial charge in [0.05, 0.1) is 6.54 Å². The summed E-state index contributed by atoms with van der Waals surface area (Å²) in [5.74, 6) is 2.47. The number of rotatable bonds is 6. The van der Waals surface area contributed by atoms with Crippen molar-refractivity contribution < 1.29 is 9.59 Å². The highest BCUT2D eigenvalue weighted by molar-refractivity contribution is 5.95. The maximum atomic E-state index is 12.5. The van der Waals surface area contributed by atoms with Gasteiger partial charge in [-0.05, 0) is 57.1 Å². The van der Waals surface area contributed by atoms with Gasteiger partial charge in [0.1, 0.15) is 18.7 Å². The zero-order chi connectivity index (χ0) is 19.9. The summed E-state index contributed by atoms with van der Waals surface area (Å²) >= 11 is 0. The molecule has 2 amide bonds. The van der Waals surface area contributed by atoms with Gasteiger partial charge >= 0.3 is 0 Å². The van der Waals surface area contributed by atoms with E-state index in [-0.39, 0.29) is 17.7 Å². The predicted octanol–water partition coefficient (Wildman–Crippen LogP) is 1.76. The summed E-state index contributed by atoms with van der Waals surface area (Å²) in [6, 6.07) is 6.61. The molecule has 0 bridgehead atoms. The molecule has 1 aromatic carbocycles. The molecule has 0 aliphatic carbocycles. The van der Waals surface area contributed by atoms with Crippen molar-refractivity contribution >= 4 is 23.2 Å². The van der Waals surface area contributed by atoms with Crippen LogP contribution in [0.5, 0.6) is 0 Å². The Morgan fingerprint density at radius 2 is 1.86 bits per heavy atom. The Balaban J connectivity index is 1.50. The first-order valence-electron chi connectivity index (χ1n) is 9.28. The Labute approximate surface area is 164 Å². The molecular formula is C20H24N6O2. The van der Waals surface area contributed by atoms with Crippen LogP contribution in [0.15, 0.2) is 36.9 Å². The number of terminal acetylenes is 1. The second-order valence-corrected chi connectivity index (χ2v) is 6.86. The van der Waals surface area contributed by atoms with E-state index in [2.05, 4.69) is 31.5 Å². The molecule has 8 nitrogen and oxygen atoms in total. The molecule has 1 atom stereocenters. The number of carbonyl (C=O) groups is 2. The molecule has 3 rings (SSSR count). The Morgan fingerprint density at radius 3 is 2.43 bits per heavy atom. The van der Waals surface area contributed by atoms with E-state index in [1.807, 2.05) is 0 Å². The average Bonchev–Trinajstić information content (AvgIpc) is 3.24. The second-order valence-electron chi connectivity index (χ2n) is 6.86. The summed E-state index contributed by atoms with van der Waals surface area (Å²) in [6.07, 6.45) is 9.84. The molecule has 1 aliphatic heterocycles. The van der Waals surface area contributed by atoms with E-state index in [1.54, 1.807) is 31.2 Å². The van der Waals surface area contributed by atoms with Gasteiger partial charge in [-0.2, -0.15) is 5.10 Å². The maximum Gasteiger partial charge on any atom is 0.249 e. The molecule has 0 spiro atoms. The molecule has 2 N–H and O–H groups in total. The quantitative estimate of drug-likeness (QED) is 0.745. The summed E-state index contributed by atoms with van der Waals surface area (Å²) in [4.78, 5) is 30.8. The molecule has 28 heavy (non-hydrogen) atoms. The average molecular weight is 380 g/mol. The van der Waals surface area contributed by atoms with E-state index in [0.717, 1.165) is 25.9 Å². The second kappa shape index (κ2) is 9.15. The number of hydrogen-bond acceptors (Lipinski definition) is 5. The molecule has 1 fully saturated rings. The van der Waals surface area contributed by atoms with Gasteiger partial charge in [-0.3, -0.25) is 14.5 Å². The van der Waals surface area contributed by atoms with Crippen molar-refractivity contribution in [2.45, 2.75) is 25.8 Å². The molecule has 2 heterocycles. The molecule has 0 radical (unpaired) electrons. The Kier molecular flexibility index (Phi) is 6.40. The van der Waals surface area contributed by atoms with Crippen LogP contribution in [0, 0.1) is 18.3 Å². The predicted molar refractivity (Wildman–Crippen MR) is 106 cm³/mol. The first-order chi connectivity index (χ1) is 13.6. The standard InChI is InChI=1S/C20H24N6O2/c1-3-10-25-11-8-16(9-12-25)20(28)24-18-6-4-17(5-7-18)23-19(27)15(2)26-14-21-13-22-26/h1,4-7,13-16H,8-12H2,2H3,(H,23,27)(H,24,28). The van der Waals surface area contributed by atoms with Crippen molar-refractivity contribution in [1.29, 1.82) is 0 Å². The highest BCUT2D eigenvalue weighted by Crippen LogP contribution is 2.20. The van der Waals surface area contributed by atoms with Crippen molar-refractivity contribution in [3.8, 4) is 12.3 Å². The molecule has 1 unspecified atom stereocenters. The number of carbonyl (C=O) groups excluding carboxylic acids is 2. The number of amides is 2. The van der Waals surface area contributed by atoms with Crippen molar-refractivity contribution in [3.63, 3.8) is 0 Å². The lowest BCUT2D eigenvalue weighted by Gasteiger charge is -2.29. The fourth-order valence-electron chi connectivity index (χ4n) is 3.15. The number of likely N-dealkylation sites (tertiary alicyclic amines) is 1. The van der Waals surface area contributed by atoms with E-state index in [4.69, 9.17) is 6.42 Å². The lowest BCUT2D eigenvalue weighted by atomic mass is 9.96. The van der Waals surface area contributed by atoms with Gasteiger partial charge < -0.3 is 10.6 Å². The first-order valence-corrected chi connectivity index (χ1v) is 9.28. The zero-order valence-corrected chi connectivity index (χ0v) is 15.8. The highest BCUT2D eigenvalue weighted by atomic mass is 16.2. The van der Waals surface area contributed by atoms with Gasteiger partial charge in [0, 0.05) is 17.3 Å². The van der Waals surface area contributed by atoms with Gasteiger partial charge in [0.2, 0.25) is 11.8 Å². The highest BCUT2D eigenvalue weighted by Gasteiger charge is 2.24. The van der Waals surface area contributed by atoms with Crippen LogP contribution in [0.3, 0.4) is 0 Å². The number of aromatic nitrogens is 3. The molecular weight excluding hydrogens is 356 g/mol. The Morgan fingerprint density at radius 1 is 1.21 bits per heavy atom. The topological polar surface area (TPSA) is 92.2 Å². The number of nitrogens with one attached hydrogen (secondary N) is 2. The van der Waals surface area contributed by atoms with Crippen LogP contribution in [0.1, 0.15) is 25.8 Å². The van der Waals surface area contributed by atoms with Crippen LogP contribution in [0.25, 0.3) is 0 Å². The van der Waals surface area contributed by atoms with Crippen LogP contribution in [0.4, 0.5) is 11.4 Å². The zero-order valence-electron chi connectivity index (χ0n) is 15.8. The number of piperidine rings is 1. The van der Waals surface area contributed by atoms with Gasteiger partial charge in [-0.15, -0.1) is 6.42 Å². The summed E-state index contributed by atoms with van der Waals surface area (Å²) in [6.45, 7) is 4.07. The Bertz CT molecular complexity index is 833. The van der Waals surface area contributed by atoms with Crippen LogP contribution < -0.4 is 10.6 Å². The third-order valence-electron chi connectivity index (χ3n) is 4.91. The lowest BCUT2D eigenvalue weighted by molar-refractivity contribution is -0.121. The van der Waals surface area contributed by atoms with Crippen LogP contribution >= 0.6 is 0 Å². The Hall–Kier alpha value is -3.18. The molecule has 2 aromatic rings. The van der Waals surface area contributed by atoms with E-state index in [1.165, 1.54) is 17.3 Å². The van der Waals surface area contributed by atoms with Crippen molar-refractivity contribution in [2.75, 3.05) is 30.3 Å². The van der Waals surface area contributed by atoms with Gasteiger partial charge in [0.15, 0.2) is 0 Å². The van der Waals surface area contributed by atoms with E-state index >= 15 is 0 Å². The third-order valence-corrected chi connectivity index (χ3v) is 4.91. The minimum absolute atomic E-state index is 0.00284. The van der Waals surface area contributed by atoms with Gasteiger partial charge in [-0.1, -0.05) is 5.92 Å². The summed E-state index contributed by atoms with van der Waals surface area (Å²) in [5, 5.41) is 9.75. The lowest BCUT2D eigenvalue weighted by Crippen LogP contribution is -2.38. The smallest absolute Gasteiger partial charge is 0.249 e. The molecule has 1 saturated heterocycles. The molecule has 0 saturated carbocycles. The largest absolute Gasteiger partial charge is 0.326 e. The van der Waals surface area contributed by atoms with E-state index < -0.39 is 6.04 Å². The van der Waals surface area contributed by atoms with Crippen molar-refractivity contribution in [2.24, 2.45) is 5.92 Å². The van der Waals surface area contributed by atoms with Gasteiger partial charge in [-0.25, -0.2) is 9.67 Å². The first kappa shape index (κ1) is 19.6. The fraction of sp³-hybridized carbons (Fsp3) is 0.400. The van der Waals surface area contributed by atoms with E-state index in [0.29, 0.717) is 17.9 Å². The van der Waals surface area contributed by atoms with Crippen LogP contribution in [0.2, 0.25) is 0 Å². The minimum atomic E-state index is -0.470. The summed E-state index contributed by atoms with van der Waals surface area (Å²) in [7, 11) is 0. The number of anilines is 2. The SMILES string of the molecule is C#CCN1CCC(C(=O)Nc2ccc(NC(=O)C(C)n3cncn3)cc2)CC1. The molecule has 1 aliphatic rings. The van der Waals surface area contributed by atoms with E-state index in [9.17, 15) is 9.59 Å². The van der Waals surface area contributed by atoms with Crippen molar-refractivity contribution in [3.05, 3.63) is 36.9 Å².